The molecule has 0 radical (unpaired) electrons. The maximum Gasteiger partial charge on any atom is 0.264 e. The summed E-state index contributed by atoms with van der Waals surface area (Å²) in [5.41, 5.74) is 2.16. The molecule has 1 amide bonds. The summed E-state index contributed by atoms with van der Waals surface area (Å²) in [5.74, 6) is 1.87. The predicted octanol–water partition coefficient (Wildman–Crippen LogP) is 2.83. The first kappa shape index (κ1) is 16.5. The Labute approximate surface area is 161 Å². The highest BCUT2D eigenvalue weighted by molar-refractivity contribution is 7.17. The van der Waals surface area contributed by atoms with Gasteiger partial charge in [0.2, 0.25) is 0 Å². The molecule has 3 aromatic rings. The number of ether oxygens (including phenoxy) is 1. The van der Waals surface area contributed by atoms with E-state index in [-0.39, 0.29) is 11.9 Å². The van der Waals surface area contributed by atoms with Crippen LogP contribution in [0, 0.1) is 0 Å². The number of carbonyl (C=O) groups is 1. The number of benzene rings is 1. The lowest BCUT2D eigenvalue weighted by atomic mass is 10.1. The first-order valence-electron chi connectivity index (χ1n) is 9.06. The highest BCUT2D eigenvalue weighted by atomic mass is 32.1. The van der Waals surface area contributed by atoms with Crippen LogP contribution < -0.4 is 10.1 Å². The molecule has 4 heterocycles. The number of para-hydroxylation sites is 1. The van der Waals surface area contributed by atoms with E-state index in [0.717, 1.165) is 39.0 Å². The fraction of sp³-hybridized carbons (Fsp3) is 0.300. The van der Waals surface area contributed by atoms with Gasteiger partial charge in [-0.2, -0.15) is 0 Å². The van der Waals surface area contributed by atoms with Gasteiger partial charge in [-0.1, -0.05) is 12.1 Å². The second-order valence-electron chi connectivity index (χ2n) is 6.86. The summed E-state index contributed by atoms with van der Waals surface area (Å²) in [6.45, 7) is 2.70. The molecule has 1 saturated heterocycles. The van der Waals surface area contributed by atoms with Gasteiger partial charge in [0, 0.05) is 55.1 Å². The average Bonchev–Trinajstić information content (AvgIpc) is 3.33. The zero-order chi connectivity index (χ0) is 18.4. The van der Waals surface area contributed by atoms with Crippen LogP contribution in [0.15, 0.2) is 42.7 Å². The first-order valence-corrected chi connectivity index (χ1v) is 9.88. The molecule has 1 aromatic carbocycles. The number of aryl methyl sites for hydroxylation is 1. The van der Waals surface area contributed by atoms with Gasteiger partial charge in [-0.3, -0.25) is 4.79 Å². The van der Waals surface area contributed by atoms with Crippen molar-refractivity contribution in [2.45, 2.75) is 12.6 Å². The van der Waals surface area contributed by atoms with Crippen molar-refractivity contribution in [2.75, 3.05) is 19.6 Å². The van der Waals surface area contributed by atoms with Crippen LogP contribution in [0.1, 0.15) is 27.1 Å². The largest absolute Gasteiger partial charge is 0.488 e. The fourth-order valence-electron chi connectivity index (χ4n) is 3.82. The van der Waals surface area contributed by atoms with E-state index in [1.807, 2.05) is 47.0 Å². The van der Waals surface area contributed by atoms with E-state index in [0.29, 0.717) is 19.7 Å². The maximum atomic E-state index is 13.4. The molecule has 1 fully saturated rings. The summed E-state index contributed by atoms with van der Waals surface area (Å²) in [5, 5.41) is 3.38. The molecule has 0 saturated carbocycles. The Kier molecular flexibility index (Phi) is 3.98. The number of aromatic nitrogens is 2. The standard InChI is InChI=1S/C20H20N4O2S/c1-23-8-7-22-19(23)15-11-21-6-9-24(15)20(25)17-10-13-12-26-16-5-3-2-4-14(16)18(13)27-17/h2-5,7-8,10,15,21H,6,9,11-12H2,1H3. The number of piperazine rings is 1. The van der Waals surface area contributed by atoms with Gasteiger partial charge >= 0.3 is 0 Å². The second-order valence-corrected chi connectivity index (χ2v) is 7.92. The third kappa shape index (κ3) is 2.74. The molecule has 2 aliphatic rings. The highest BCUT2D eigenvalue weighted by Gasteiger charge is 2.33. The summed E-state index contributed by atoms with van der Waals surface area (Å²) in [6.07, 6.45) is 3.70. The van der Waals surface area contributed by atoms with Crippen molar-refractivity contribution in [1.82, 2.24) is 19.8 Å². The van der Waals surface area contributed by atoms with Crippen molar-refractivity contribution in [1.29, 1.82) is 0 Å². The van der Waals surface area contributed by atoms with E-state index < -0.39 is 0 Å². The molecule has 27 heavy (non-hydrogen) atoms. The molecule has 2 aromatic heterocycles. The molecule has 138 valence electrons. The van der Waals surface area contributed by atoms with E-state index >= 15 is 0 Å². The number of nitrogens with one attached hydrogen (secondary N) is 1. The third-order valence-corrected chi connectivity index (χ3v) is 6.39. The van der Waals surface area contributed by atoms with Gasteiger partial charge in [-0.15, -0.1) is 11.3 Å². The molecule has 0 spiro atoms. The zero-order valence-corrected chi connectivity index (χ0v) is 15.8. The maximum absolute atomic E-state index is 13.4. The van der Waals surface area contributed by atoms with Crippen LogP contribution in [-0.4, -0.2) is 40.0 Å². The van der Waals surface area contributed by atoms with Gasteiger partial charge in [-0.05, 0) is 18.2 Å². The van der Waals surface area contributed by atoms with Crippen LogP contribution in [0.25, 0.3) is 10.4 Å². The van der Waals surface area contributed by atoms with Gasteiger partial charge in [0.25, 0.3) is 5.91 Å². The monoisotopic (exact) mass is 380 g/mol. The summed E-state index contributed by atoms with van der Waals surface area (Å²) in [6, 6.07) is 9.95. The molecule has 2 aliphatic heterocycles. The van der Waals surface area contributed by atoms with Crippen LogP contribution in [0.4, 0.5) is 0 Å². The number of amides is 1. The van der Waals surface area contributed by atoms with Gasteiger partial charge in [-0.25, -0.2) is 4.98 Å². The SMILES string of the molecule is Cn1ccnc1C1CNCCN1C(=O)c1cc2c(s1)-c1ccccc1OC2. The minimum Gasteiger partial charge on any atom is -0.488 e. The number of hydrogen-bond acceptors (Lipinski definition) is 5. The smallest absolute Gasteiger partial charge is 0.264 e. The third-order valence-electron chi connectivity index (χ3n) is 5.20. The Bertz CT molecular complexity index is 1010. The summed E-state index contributed by atoms with van der Waals surface area (Å²) in [7, 11) is 1.97. The molecule has 0 bridgehead atoms. The first-order chi connectivity index (χ1) is 13.2. The van der Waals surface area contributed by atoms with E-state index in [4.69, 9.17) is 4.74 Å². The number of fused-ring (bicyclic) bond motifs is 3. The van der Waals surface area contributed by atoms with Crippen LogP contribution in [0.3, 0.4) is 0 Å². The molecule has 6 nitrogen and oxygen atoms in total. The second kappa shape index (κ2) is 6.51. The van der Waals surface area contributed by atoms with Gasteiger partial charge < -0.3 is 19.5 Å². The molecular weight excluding hydrogens is 360 g/mol. The van der Waals surface area contributed by atoms with Crippen molar-refractivity contribution < 1.29 is 9.53 Å². The van der Waals surface area contributed by atoms with E-state index in [1.165, 1.54) is 0 Å². The lowest BCUT2D eigenvalue weighted by Crippen LogP contribution is -2.49. The van der Waals surface area contributed by atoms with Crippen LogP contribution >= 0.6 is 11.3 Å². The quantitative estimate of drug-likeness (QED) is 0.743. The Balaban J connectivity index is 1.49. The average molecular weight is 380 g/mol. The Morgan fingerprint density at radius 3 is 3.11 bits per heavy atom. The van der Waals surface area contributed by atoms with E-state index in [1.54, 1.807) is 17.5 Å². The molecule has 1 atom stereocenters. The topological polar surface area (TPSA) is 59.4 Å². The molecule has 5 rings (SSSR count). The Morgan fingerprint density at radius 2 is 2.26 bits per heavy atom. The van der Waals surface area contributed by atoms with Crippen molar-refractivity contribution in [3.05, 3.63) is 59.0 Å². The number of carbonyl (C=O) groups excluding carboxylic acids is 1. The van der Waals surface area contributed by atoms with E-state index in [9.17, 15) is 4.79 Å². The number of thiophene rings is 1. The van der Waals surface area contributed by atoms with Crippen LogP contribution in [-0.2, 0) is 13.7 Å². The summed E-state index contributed by atoms with van der Waals surface area (Å²) in [4.78, 5) is 21.7. The van der Waals surface area contributed by atoms with Gasteiger partial charge in [0.15, 0.2) is 0 Å². The summed E-state index contributed by atoms with van der Waals surface area (Å²) < 4.78 is 7.83. The number of nitrogens with zero attached hydrogens (tertiary/aromatic N) is 3. The fourth-order valence-corrected chi connectivity index (χ4v) is 4.98. The molecule has 1 unspecified atom stereocenters. The van der Waals surface area contributed by atoms with Crippen molar-refractivity contribution in [3.8, 4) is 16.2 Å². The van der Waals surface area contributed by atoms with Gasteiger partial charge in [0.05, 0.1) is 4.88 Å². The molecule has 0 aliphatic carbocycles. The predicted molar refractivity (Wildman–Crippen MR) is 104 cm³/mol. The van der Waals surface area contributed by atoms with E-state index in [2.05, 4.69) is 16.4 Å². The number of rotatable bonds is 2. The summed E-state index contributed by atoms with van der Waals surface area (Å²) >= 11 is 1.56. The van der Waals surface area contributed by atoms with Crippen molar-refractivity contribution >= 4 is 17.2 Å². The minimum atomic E-state index is -0.0612. The van der Waals surface area contributed by atoms with Crippen LogP contribution in [0.5, 0.6) is 5.75 Å². The Morgan fingerprint density at radius 1 is 1.37 bits per heavy atom. The zero-order valence-electron chi connectivity index (χ0n) is 15.0. The lowest BCUT2D eigenvalue weighted by molar-refractivity contribution is 0.0626. The number of imidazole rings is 1. The minimum absolute atomic E-state index is 0.0612. The molecule has 1 N–H and O–H groups in total. The Hall–Kier alpha value is -2.64. The molecular formula is C20H20N4O2S. The highest BCUT2D eigenvalue weighted by Crippen LogP contribution is 2.42. The van der Waals surface area contributed by atoms with Crippen LogP contribution in [0.2, 0.25) is 0 Å². The lowest BCUT2D eigenvalue weighted by Gasteiger charge is -2.35. The van der Waals surface area contributed by atoms with Gasteiger partial charge in [0.1, 0.15) is 24.2 Å². The normalized spacial score (nSPS) is 18.6. The number of hydrogen-bond donors (Lipinski definition) is 1. The molecule has 7 heteroatoms. The van der Waals surface area contributed by atoms with Crippen molar-refractivity contribution in [2.24, 2.45) is 7.05 Å². The van der Waals surface area contributed by atoms with Crippen molar-refractivity contribution in [3.63, 3.8) is 0 Å².